The molecule has 5 rings (SSSR count). The molecule has 7 heteroatoms. The predicted octanol–water partition coefficient (Wildman–Crippen LogP) is 3.92. The van der Waals surface area contributed by atoms with Crippen LogP contribution in [0, 0.1) is 18.3 Å². The molecule has 0 saturated carbocycles. The zero-order valence-electron chi connectivity index (χ0n) is 18.1. The van der Waals surface area contributed by atoms with Crippen LogP contribution in [-0.4, -0.2) is 58.7 Å². The van der Waals surface area contributed by atoms with Crippen molar-refractivity contribution >= 4 is 27.9 Å². The molecular formula is C24H28N4O2S. The molecule has 0 amide bonds. The fourth-order valence-corrected chi connectivity index (χ4v) is 5.33. The molecule has 3 aromatic rings. The highest BCUT2D eigenvalue weighted by Crippen LogP contribution is 2.30. The molecule has 2 aliphatic heterocycles. The third-order valence-corrected chi connectivity index (χ3v) is 7.34. The minimum Gasteiger partial charge on any atom is -0.380 e. The molecule has 0 bridgehead atoms. The fraction of sp³-hybridized carbons (Fsp3) is 0.500. The maximum Gasteiger partial charge on any atom is 0.147 e. The SMILES string of the molecule is Cc1nnc(-c2ccc3cnc(CC(=O)C4CCN(CC5(C)COC5)CC4)cc3c2)s1. The van der Waals surface area contributed by atoms with E-state index >= 15 is 0 Å². The molecule has 0 N–H and O–H groups in total. The van der Waals surface area contributed by atoms with Gasteiger partial charge >= 0.3 is 0 Å². The summed E-state index contributed by atoms with van der Waals surface area (Å²) in [5.74, 6) is 0.468. The van der Waals surface area contributed by atoms with E-state index in [2.05, 4.69) is 51.3 Å². The van der Waals surface area contributed by atoms with Gasteiger partial charge in [-0.05, 0) is 50.4 Å². The summed E-state index contributed by atoms with van der Waals surface area (Å²) in [6, 6.07) is 8.29. The number of hydrogen-bond donors (Lipinski definition) is 0. The molecule has 2 aliphatic rings. The molecule has 31 heavy (non-hydrogen) atoms. The van der Waals surface area contributed by atoms with Crippen molar-refractivity contribution < 1.29 is 9.53 Å². The number of Topliss-reactive ketones (excluding diaryl/α,β-unsaturated/α-hetero) is 1. The highest BCUT2D eigenvalue weighted by Gasteiger charge is 2.36. The lowest BCUT2D eigenvalue weighted by molar-refractivity contribution is -0.127. The maximum atomic E-state index is 13.0. The maximum absolute atomic E-state index is 13.0. The van der Waals surface area contributed by atoms with E-state index in [-0.39, 0.29) is 5.92 Å². The Bertz CT molecular complexity index is 1100. The van der Waals surface area contributed by atoms with Crippen molar-refractivity contribution in [1.29, 1.82) is 0 Å². The molecule has 6 nitrogen and oxygen atoms in total. The van der Waals surface area contributed by atoms with E-state index in [9.17, 15) is 4.79 Å². The van der Waals surface area contributed by atoms with Gasteiger partial charge < -0.3 is 9.64 Å². The van der Waals surface area contributed by atoms with Crippen LogP contribution in [0.1, 0.15) is 30.5 Å². The number of fused-ring (bicyclic) bond motifs is 1. The Balaban J connectivity index is 1.23. The Hall–Kier alpha value is -2.22. The van der Waals surface area contributed by atoms with Crippen LogP contribution in [0.2, 0.25) is 0 Å². The van der Waals surface area contributed by atoms with Crippen LogP contribution >= 0.6 is 11.3 Å². The zero-order chi connectivity index (χ0) is 21.4. The van der Waals surface area contributed by atoms with Crippen molar-refractivity contribution in [3.05, 3.63) is 41.2 Å². The van der Waals surface area contributed by atoms with Gasteiger partial charge in [0.1, 0.15) is 15.8 Å². The van der Waals surface area contributed by atoms with E-state index in [1.165, 1.54) is 0 Å². The van der Waals surface area contributed by atoms with Crippen LogP contribution in [0.3, 0.4) is 0 Å². The summed E-state index contributed by atoms with van der Waals surface area (Å²) >= 11 is 1.59. The van der Waals surface area contributed by atoms with Crippen molar-refractivity contribution in [3.63, 3.8) is 0 Å². The topological polar surface area (TPSA) is 68.2 Å². The number of benzene rings is 1. The summed E-state index contributed by atoms with van der Waals surface area (Å²) < 4.78 is 5.38. The van der Waals surface area contributed by atoms with Crippen molar-refractivity contribution in [2.75, 3.05) is 32.8 Å². The van der Waals surface area contributed by atoms with E-state index in [0.29, 0.717) is 17.6 Å². The first-order valence-electron chi connectivity index (χ1n) is 11.0. The van der Waals surface area contributed by atoms with Gasteiger partial charge in [0, 0.05) is 47.1 Å². The van der Waals surface area contributed by atoms with Gasteiger partial charge in [-0.1, -0.05) is 30.4 Å². The first kappa shape index (κ1) is 20.7. The van der Waals surface area contributed by atoms with Gasteiger partial charge in [0.15, 0.2) is 0 Å². The molecule has 162 valence electrons. The molecule has 0 spiro atoms. The van der Waals surface area contributed by atoms with Gasteiger partial charge in [0.25, 0.3) is 0 Å². The van der Waals surface area contributed by atoms with Gasteiger partial charge in [-0.2, -0.15) is 0 Å². The lowest BCUT2D eigenvalue weighted by atomic mass is 9.85. The van der Waals surface area contributed by atoms with Crippen LogP contribution in [0.5, 0.6) is 0 Å². The van der Waals surface area contributed by atoms with Crippen molar-refractivity contribution in [2.24, 2.45) is 11.3 Å². The van der Waals surface area contributed by atoms with E-state index in [1.807, 2.05) is 13.1 Å². The number of ether oxygens (including phenoxy) is 1. The number of aromatic nitrogens is 3. The first-order chi connectivity index (χ1) is 15.0. The molecule has 0 atom stereocenters. The van der Waals surface area contributed by atoms with Gasteiger partial charge in [0.05, 0.1) is 13.2 Å². The minimum atomic E-state index is 0.148. The number of nitrogens with zero attached hydrogens (tertiary/aromatic N) is 4. The standard InChI is InChI=1S/C24H28N4O2S/c1-16-26-27-23(31-16)18-3-4-19-12-25-21(10-20(19)9-18)11-22(29)17-5-7-28(8-6-17)13-24(2)14-30-15-24/h3-4,9-10,12,17H,5-8,11,13-15H2,1-2H3. The average Bonchev–Trinajstić information content (AvgIpc) is 3.19. The quantitative estimate of drug-likeness (QED) is 0.583. The molecule has 1 aromatic carbocycles. The Morgan fingerprint density at radius 1 is 1.19 bits per heavy atom. The van der Waals surface area contributed by atoms with Crippen molar-refractivity contribution in [2.45, 2.75) is 33.1 Å². The highest BCUT2D eigenvalue weighted by molar-refractivity contribution is 7.14. The monoisotopic (exact) mass is 436 g/mol. The van der Waals surface area contributed by atoms with Crippen LogP contribution < -0.4 is 0 Å². The molecule has 2 fully saturated rings. The van der Waals surface area contributed by atoms with Gasteiger partial charge in [-0.3, -0.25) is 9.78 Å². The Labute approximate surface area is 186 Å². The van der Waals surface area contributed by atoms with E-state index in [1.54, 1.807) is 11.3 Å². The van der Waals surface area contributed by atoms with Crippen LogP contribution in [0.4, 0.5) is 0 Å². The van der Waals surface area contributed by atoms with Crippen LogP contribution in [0.25, 0.3) is 21.3 Å². The number of hydrogen-bond acceptors (Lipinski definition) is 7. The number of pyridine rings is 1. The molecular weight excluding hydrogens is 408 g/mol. The Morgan fingerprint density at radius 2 is 2.00 bits per heavy atom. The van der Waals surface area contributed by atoms with Crippen LogP contribution in [0.15, 0.2) is 30.5 Å². The number of carbonyl (C=O) groups is 1. The molecule has 0 radical (unpaired) electrons. The molecule has 2 aromatic heterocycles. The van der Waals surface area contributed by atoms with E-state index < -0.39 is 0 Å². The average molecular weight is 437 g/mol. The second-order valence-corrected chi connectivity index (χ2v) is 10.5. The lowest BCUT2D eigenvalue weighted by Gasteiger charge is -2.43. The Morgan fingerprint density at radius 3 is 2.68 bits per heavy atom. The van der Waals surface area contributed by atoms with Crippen molar-refractivity contribution in [1.82, 2.24) is 20.1 Å². The Kier molecular flexibility index (Phi) is 5.58. The molecule has 4 heterocycles. The highest BCUT2D eigenvalue weighted by atomic mass is 32.1. The molecule has 0 aliphatic carbocycles. The summed E-state index contributed by atoms with van der Waals surface area (Å²) in [5, 5.41) is 12.4. The number of likely N-dealkylation sites (tertiary alicyclic amines) is 1. The smallest absolute Gasteiger partial charge is 0.147 e. The number of carbonyl (C=O) groups excluding carboxylic acids is 1. The third-order valence-electron chi connectivity index (χ3n) is 6.46. The second-order valence-electron chi connectivity index (χ2n) is 9.36. The summed E-state index contributed by atoms with van der Waals surface area (Å²) in [6.45, 7) is 9.05. The number of aryl methyl sites for hydroxylation is 1. The van der Waals surface area contributed by atoms with Crippen molar-refractivity contribution in [3.8, 4) is 10.6 Å². The zero-order valence-corrected chi connectivity index (χ0v) is 19.0. The number of ketones is 1. The summed E-state index contributed by atoms with van der Waals surface area (Å²) in [6.07, 6.45) is 4.18. The molecule has 2 saturated heterocycles. The normalized spacial score (nSPS) is 19.4. The van der Waals surface area contributed by atoms with Crippen LogP contribution in [-0.2, 0) is 16.0 Å². The fourth-order valence-electron chi connectivity index (χ4n) is 4.65. The number of piperidine rings is 1. The number of rotatable bonds is 6. The minimum absolute atomic E-state index is 0.148. The van der Waals surface area contributed by atoms with E-state index in [0.717, 1.165) is 77.7 Å². The first-order valence-corrected chi connectivity index (χ1v) is 11.8. The second kappa shape index (κ2) is 8.37. The third kappa shape index (κ3) is 4.54. The summed E-state index contributed by atoms with van der Waals surface area (Å²) in [4.78, 5) is 20.0. The van der Waals surface area contributed by atoms with Gasteiger partial charge in [-0.25, -0.2) is 0 Å². The largest absolute Gasteiger partial charge is 0.380 e. The summed E-state index contributed by atoms with van der Waals surface area (Å²) in [5.41, 5.74) is 2.21. The van der Waals surface area contributed by atoms with Gasteiger partial charge in [0.2, 0.25) is 0 Å². The summed E-state index contributed by atoms with van der Waals surface area (Å²) in [7, 11) is 0. The molecule has 0 unspecified atom stereocenters. The van der Waals surface area contributed by atoms with Gasteiger partial charge in [-0.15, -0.1) is 10.2 Å². The van der Waals surface area contributed by atoms with E-state index in [4.69, 9.17) is 4.74 Å². The lowest BCUT2D eigenvalue weighted by Crippen LogP contribution is -2.50. The predicted molar refractivity (Wildman–Crippen MR) is 122 cm³/mol.